The number of carboxylic acid groups (broad SMARTS) is 1. The molecule has 3 aromatic carbocycles. The van der Waals surface area contributed by atoms with Gasteiger partial charge < -0.3 is 15.0 Å². The van der Waals surface area contributed by atoms with Crippen LogP contribution in [0.3, 0.4) is 0 Å². The number of rotatable bonds is 6. The van der Waals surface area contributed by atoms with Crippen LogP contribution in [0.5, 0.6) is 0 Å². The molecule has 0 amide bonds. The zero-order valence-electron chi connectivity index (χ0n) is 17.1. The third-order valence-electron chi connectivity index (χ3n) is 5.24. The minimum atomic E-state index is -0.943. The van der Waals surface area contributed by atoms with Crippen molar-refractivity contribution in [3.8, 4) is 0 Å². The molecular formula is C24H21Cl2N3O2. The molecule has 0 radical (unpaired) electrons. The fourth-order valence-corrected chi connectivity index (χ4v) is 4.14. The standard InChI is InChI=1S/C24H21Cl2N3O2/c1-14-8-16(12-27-20-5-3-4-17(10-20)24(30)31)9-22-23(14)28-15(2)29(22)13-18-6-7-19(25)11-21(18)26/h3-11,27H,12-13H2,1-2H3,(H,30,31). The maximum atomic E-state index is 11.2. The third kappa shape index (κ3) is 4.53. The van der Waals surface area contributed by atoms with Crippen molar-refractivity contribution in [1.29, 1.82) is 0 Å². The molecule has 1 heterocycles. The number of fused-ring (bicyclic) bond motifs is 1. The zero-order chi connectivity index (χ0) is 22.1. The number of carbonyl (C=O) groups is 1. The Balaban J connectivity index is 1.65. The van der Waals surface area contributed by atoms with E-state index in [1.165, 1.54) is 0 Å². The highest BCUT2D eigenvalue weighted by molar-refractivity contribution is 6.35. The summed E-state index contributed by atoms with van der Waals surface area (Å²) in [5, 5.41) is 13.7. The Morgan fingerprint density at radius 3 is 2.65 bits per heavy atom. The number of nitrogens with zero attached hydrogens (tertiary/aromatic N) is 2. The van der Waals surface area contributed by atoms with E-state index in [0.717, 1.165) is 39.2 Å². The topological polar surface area (TPSA) is 67.2 Å². The fourth-order valence-electron chi connectivity index (χ4n) is 3.67. The van der Waals surface area contributed by atoms with Gasteiger partial charge in [-0.2, -0.15) is 0 Å². The van der Waals surface area contributed by atoms with Gasteiger partial charge in [0.1, 0.15) is 5.82 Å². The highest BCUT2D eigenvalue weighted by Crippen LogP contribution is 2.27. The molecule has 0 aliphatic rings. The number of benzene rings is 3. The van der Waals surface area contributed by atoms with Crippen molar-refractivity contribution in [1.82, 2.24) is 9.55 Å². The molecule has 0 aliphatic carbocycles. The van der Waals surface area contributed by atoms with Crippen LogP contribution in [0.15, 0.2) is 54.6 Å². The van der Waals surface area contributed by atoms with E-state index in [0.29, 0.717) is 23.1 Å². The summed E-state index contributed by atoms with van der Waals surface area (Å²) in [6.45, 7) is 5.18. The van der Waals surface area contributed by atoms with E-state index in [1.807, 2.05) is 32.0 Å². The number of anilines is 1. The summed E-state index contributed by atoms with van der Waals surface area (Å²) in [6.07, 6.45) is 0. The first-order valence-electron chi connectivity index (χ1n) is 9.79. The van der Waals surface area contributed by atoms with Gasteiger partial charge in [0.05, 0.1) is 23.1 Å². The number of imidazole rings is 1. The minimum absolute atomic E-state index is 0.255. The molecule has 158 valence electrons. The lowest BCUT2D eigenvalue weighted by Gasteiger charge is -2.12. The molecule has 0 atom stereocenters. The lowest BCUT2D eigenvalue weighted by Crippen LogP contribution is -2.04. The molecule has 0 saturated heterocycles. The van der Waals surface area contributed by atoms with Crippen LogP contribution in [0.1, 0.15) is 32.9 Å². The molecule has 7 heteroatoms. The van der Waals surface area contributed by atoms with Crippen LogP contribution in [0.25, 0.3) is 11.0 Å². The van der Waals surface area contributed by atoms with E-state index < -0.39 is 5.97 Å². The van der Waals surface area contributed by atoms with E-state index in [9.17, 15) is 9.90 Å². The van der Waals surface area contributed by atoms with Crippen LogP contribution < -0.4 is 5.32 Å². The van der Waals surface area contributed by atoms with Gasteiger partial charge in [0.2, 0.25) is 0 Å². The van der Waals surface area contributed by atoms with Crippen LogP contribution in [0.2, 0.25) is 10.0 Å². The SMILES string of the molecule is Cc1cc(CNc2cccc(C(=O)O)c2)cc2c1nc(C)n2Cc1ccc(Cl)cc1Cl. The Kier molecular flexibility index (Phi) is 5.90. The lowest BCUT2D eigenvalue weighted by molar-refractivity contribution is 0.0697. The van der Waals surface area contributed by atoms with Crippen LogP contribution in [0, 0.1) is 13.8 Å². The maximum absolute atomic E-state index is 11.2. The monoisotopic (exact) mass is 453 g/mol. The molecule has 0 spiro atoms. The predicted molar refractivity (Wildman–Crippen MR) is 125 cm³/mol. The smallest absolute Gasteiger partial charge is 0.335 e. The van der Waals surface area contributed by atoms with Crippen molar-refractivity contribution in [3.05, 3.63) is 92.7 Å². The summed E-state index contributed by atoms with van der Waals surface area (Å²) < 4.78 is 2.14. The minimum Gasteiger partial charge on any atom is -0.478 e. The Bertz CT molecular complexity index is 1300. The lowest BCUT2D eigenvalue weighted by atomic mass is 10.1. The van der Waals surface area contributed by atoms with Gasteiger partial charge in [-0.15, -0.1) is 0 Å². The van der Waals surface area contributed by atoms with Gasteiger partial charge in [0, 0.05) is 22.3 Å². The second-order valence-electron chi connectivity index (χ2n) is 7.50. The highest BCUT2D eigenvalue weighted by Gasteiger charge is 2.13. The molecule has 31 heavy (non-hydrogen) atoms. The summed E-state index contributed by atoms with van der Waals surface area (Å²) in [5.41, 5.74) is 6.13. The largest absolute Gasteiger partial charge is 0.478 e. The molecule has 5 nitrogen and oxygen atoms in total. The average molecular weight is 454 g/mol. The summed E-state index contributed by atoms with van der Waals surface area (Å²) in [7, 11) is 0. The molecule has 0 fully saturated rings. The molecule has 4 rings (SSSR count). The van der Waals surface area contributed by atoms with Crippen LogP contribution in [-0.2, 0) is 13.1 Å². The number of hydrogen-bond acceptors (Lipinski definition) is 3. The van der Waals surface area contributed by atoms with E-state index in [1.54, 1.807) is 24.3 Å². The van der Waals surface area contributed by atoms with Crippen LogP contribution in [0.4, 0.5) is 5.69 Å². The van der Waals surface area contributed by atoms with Crippen LogP contribution >= 0.6 is 23.2 Å². The Morgan fingerprint density at radius 2 is 1.90 bits per heavy atom. The number of aromatic carboxylic acids is 1. The molecule has 0 bridgehead atoms. The third-order valence-corrected chi connectivity index (χ3v) is 5.83. The van der Waals surface area contributed by atoms with Gasteiger partial charge in [-0.05, 0) is 66.9 Å². The zero-order valence-corrected chi connectivity index (χ0v) is 18.6. The van der Waals surface area contributed by atoms with Gasteiger partial charge in [-0.3, -0.25) is 0 Å². The summed E-state index contributed by atoms with van der Waals surface area (Å²) in [4.78, 5) is 16.0. The second-order valence-corrected chi connectivity index (χ2v) is 8.34. The van der Waals surface area contributed by atoms with Gasteiger partial charge in [0.25, 0.3) is 0 Å². The Labute approximate surface area is 190 Å². The molecular weight excluding hydrogens is 433 g/mol. The van der Waals surface area contributed by atoms with E-state index in [4.69, 9.17) is 28.2 Å². The van der Waals surface area contributed by atoms with E-state index in [2.05, 4.69) is 22.0 Å². The molecule has 0 aliphatic heterocycles. The van der Waals surface area contributed by atoms with Gasteiger partial charge in [-0.1, -0.05) is 41.4 Å². The molecule has 1 aromatic heterocycles. The molecule has 4 aromatic rings. The number of nitrogens with one attached hydrogen (secondary N) is 1. The van der Waals surface area contributed by atoms with Crippen molar-refractivity contribution >= 4 is 45.9 Å². The van der Waals surface area contributed by atoms with Crippen molar-refractivity contribution in [2.45, 2.75) is 26.9 Å². The normalized spacial score (nSPS) is 11.1. The molecule has 2 N–H and O–H groups in total. The summed E-state index contributed by atoms with van der Waals surface area (Å²) >= 11 is 12.4. The van der Waals surface area contributed by atoms with Crippen molar-refractivity contribution < 1.29 is 9.90 Å². The van der Waals surface area contributed by atoms with E-state index >= 15 is 0 Å². The number of hydrogen-bond donors (Lipinski definition) is 2. The first kappa shape index (κ1) is 21.2. The fraction of sp³-hybridized carbons (Fsp3) is 0.167. The second kappa shape index (κ2) is 8.61. The van der Waals surface area contributed by atoms with Gasteiger partial charge in [-0.25, -0.2) is 9.78 Å². The average Bonchev–Trinajstić information content (AvgIpc) is 3.04. The molecule has 0 saturated carbocycles. The van der Waals surface area contributed by atoms with Gasteiger partial charge in [0.15, 0.2) is 0 Å². The van der Waals surface area contributed by atoms with Gasteiger partial charge >= 0.3 is 5.97 Å². The van der Waals surface area contributed by atoms with Crippen molar-refractivity contribution in [2.75, 3.05) is 5.32 Å². The highest BCUT2D eigenvalue weighted by atomic mass is 35.5. The quantitative estimate of drug-likeness (QED) is 0.358. The number of halogens is 2. The first-order valence-corrected chi connectivity index (χ1v) is 10.5. The summed E-state index contributed by atoms with van der Waals surface area (Å²) in [5.74, 6) is -0.0375. The van der Waals surface area contributed by atoms with Crippen molar-refractivity contribution in [3.63, 3.8) is 0 Å². The van der Waals surface area contributed by atoms with E-state index in [-0.39, 0.29) is 5.56 Å². The molecule has 0 unspecified atom stereocenters. The number of carboxylic acids is 1. The first-order chi connectivity index (χ1) is 14.8. The maximum Gasteiger partial charge on any atom is 0.335 e. The predicted octanol–water partition coefficient (Wildman–Crippen LogP) is 6.32. The van der Waals surface area contributed by atoms with Crippen molar-refractivity contribution in [2.24, 2.45) is 0 Å². The van der Waals surface area contributed by atoms with Crippen LogP contribution in [-0.4, -0.2) is 20.6 Å². The summed E-state index contributed by atoms with van der Waals surface area (Å²) in [6, 6.07) is 16.5. The Morgan fingerprint density at radius 1 is 1.10 bits per heavy atom. The Hall–Kier alpha value is -3.02. The number of aryl methyl sites for hydroxylation is 2. The number of aromatic nitrogens is 2.